The second kappa shape index (κ2) is 8.95. The van der Waals surface area contributed by atoms with Gasteiger partial charge in [-0.25, -0.2) is 26.9 Å². The Morgan fingerprint density at radius 3 is 2.22 bits per heavy atom. The molecule has 0 bridgehead atoms. The second-order valence-electron chi connectivity index (χ2n) is 6.54. The van der Waals surface area contributed by atoms with Crippen LogP contribution in [0.3, 0.4) is 0 Å². The number of hydrogen-bond donors (Lipinski definition) is 0. The molecule has 32 heavy (non-hydrogen) atoms. The van der Waals surface area contributed by atoms with Crippen LogP contribution < -0.4 is 4.31 Å². The molecule has 6 nitrogen and oxygen atoms in total. The Bertz CT molecular complexity index is 1210. The van der Waals surface area contributed by atoms with E-state index in [0.717, 1.165) is 19.2 Å². The molecule has 0 spiro atoms. The molecule has 1 aromatic heterocycles. The fraction of sp³-hybridized carbons (Fsp3) is 0.143. The molecule has 0 unspecified atom stereocenters. The zero-order valence-corrected chi connectivity index (χ0v) is 17.3. The monoisotopic (exact) mass is 468 g/mol. The SMILES string of the molecule is COC(=O)c1ccc(S(=O)(=O)N(Cc2ccccc2)c2ncc(C(F)(F)F)cc2F)cc1. The van der Waals surface area contributed by atoms with Gasteiger partial charge in [0.15, 0.2) is 11.6 Å². The van der Waals surface area contributed by atoms with Crippen LogP contribution in [-0.4, -0.2) is 26.5 Å². The standard InChI is InChI=1S/C21H16F4N2O4S/c1-31-20(28)15-7-9-17(10-8-15)32(29,30)27(13-14-5-3-2-4-6-14)19-18(22)11-16(12-26-19)21(23,24)25/h2-12H,13H2,1H3. The summed E-state index contributed by atoms with van der Waals surface area (Å²) in [4.78, 5) is 14.7. The van der Waals surface area contributed by atoms with Crippen molar-refractivity contribution in [1.29, 1.82) is 0 Å². The van der Waals surface area contributed by atoms with Crippen molar-refractivity contribution in [2.75, 3.05) is 11.4 Å². The van der Waals surface area contributed by atoms with Crippen molar-refractivity contribution in [1.82, 2.24) is 4.98 Å². The number of anilines is 1. The number of halogens is 4. The molecule has 168 valence electrons. The average molecular weight is 468 g/mol. The molecule has 0 aliphatic heterocycles. The summed E-state index contributed by atoms with van der Waals surface area (Å²) in [6.45, 7) is -0.392. The van der Waals surface area contributed by atoms with Crippen molar-refractivity contribution >= 4 is 21.8 Å². The summed E-state index contributed by atoms with van der Waals surface area (Å²) < 4.78 is 85.1. The summed E-state index contributed by atoms with van der Waals surface area (Å²) in [5, 5.41) is 0. The maximum Gasteiger partial charge on any atom is 0.417 e. The van der Waals surface area contributed by atoms with E-state index in [0.29, 0.717) is 16.1 Å². The van der Waals surface area contributed by atoms with Gasteiger partial charge in [0.05, 0.1) is 29.7 Å². The van der Waals surface area contributed by atoms with Crippen LogP contribution in [0.4, 0.5) is 23.4 Å². The summed E-state index contributed by atoms with van der Waals surface area (Å²) in [7, 11) is -3.31. The minimum Gasteiger partial charge on any atom is -0.465 e. The minimum atomic E-state index is -4.85. The second-order valence-corrected chi connectivity index (χ2v) is 8.40. The Kier molecular flexibility index (Phi) is 6.49. The summed E-state index contributed by atoms with van der Waals surface area (Å²) >= 11 is 0. The van der Waals surface area contributed by atoms with E-state index in [1.54, 1.807) is 30.3 Å². The summed E-state index contributed by atoms with van der Waals surface area (Å²) in [6.07, 6.45) is -4.48. The molecule has 0 atom stereocenters. The first-order chi connectivity index (χ1) is 15.0. The third-order valence-corrected chi connectivity index (χ3v) is 6.17. The highest BCUT2D eigenvalue weighted by molar-refractivity contribution is 7.92. The number of carbonyl (C=O) groups is 1. The highest BCUT2D eigenvalue weighted by Gasteiger charge is 2.34. The Morgan fingerprint density at radius 1 is 1.06 bits per heavy atom. The fourth-order valence-corrected chi connectivity index (χ4v) is 4.22. The van der Waals surface area contributed by atoms with Gasteiger partial charge in [-0.2, -0.15) is 13.2 Å². The summed E-state index contributed by atoms with van der Waals surface area (Å²) in [5.74, 6) is -2.94. The normalized spacial score (nSPS) is 11.8. The highest BCUT2D eigenvalue weighted by atomic mass is 32.2. The number of pyridine rings is 1. The molecular formula is C21H16F4N2O4S. The molecule has 0 saturated carbocycles. The first kappa shape index (κ1) is 23.2. The van der Waals surface area contributed by atoms with E-state index >= 15 is 0 Å². The minimum absolute atomic E-state index is 0.0832. The molecule has 0 aliphatic rings. The molecule has 0 saturated heterocycles. The van der Waals surface area contributed by atoms with Gasteiger partial charge >= 0.3 is 12.1 Å². The van der Waals surface area contributed by atoms with Crippen molar-refractivity contribution in [3.05, 3.63) is 89.4 Å². The number of ether oxygens (including phenoxy) is 1. The van der Waals surface area contributed by atoms with E-state index in [9.17, 15) is 30.8 Å². The van der Waals surface area contributed by atoms with E-state index < -0.39 is 45.9 Å². The van der Waals surface area contributed by atoms with Gasteiger partial charge in [0.1, 0.15) is 0 Å². The number of methoxy groups -OCH3 is 1. The number of benzene rings is 2. The molecule has 11 heteroatoms. The maximum atomic E-state index is 14.7. The van der Waals surface area contributed by atoms with Crippen molar-refractivity contribution in [3.8, 4) is 0 Å². The molecule has 0 amide bonds. The lowest BCUT2D eigenvalue weighted by atomic mass is 10.2. The number of nitrogens with zero attached hydrogens (tertiary/aromatic N) is 2. The van der Waals surface area contributed by atoms with Crippen molar-refractivity contribution < 1.29 is 35.5 Å². The van der Waals surface area contributed by atoms with Gasteiger partial charge in [-0.05, 0) is 35.9 Å². The van der Waals surface area contributed by atoms with Crippen molar-refractivity contribution in [3.63, 3.8) is 0 Å². The van der Waals surface area contributed by atoms with Crippen LogP contribution in [-0.2, 0) is 27.5 Å². The number of sulfonamides is 1. The third-order valence-electron chi connectivity index (χ3n) is 4.42. The van der Waals surface area contributed by atoms with Gasteiger partial charge in [-0.15, -0.1) is 0 Å². The molecule has 3 rings (SSSR count). The molecule has 0 fully saturated rings. The van der Waals surface area contributed by atoms with E-state index in [2.05, 4.69) is 9.72 Å². The van der Waals surface area contributed by atoms with Crippen molar-refractivity contribution in [2.24, 2.45) is 0 Å². The Hall–Kier alpha value is -3.47. The number of rotatable bonds is 6. The molecule has 1 heterocycles. The molecule has 0 radical (unpaired) electrons. The predicted molar refractivity (Wildman–Crippen MR) is 107 cm³/mol. The van der Waals surface area contributed by atoms with Crippen LogP contribution >= 0.6 is 0 Å². The summed E-state index contributed by atoms with van der Waals surface area (Å²) in [6, 6.07) is 12.9. The van der Waals surface area contributed by atoms with Gasteiger partial charge in [0.25, 0.3) is 10.0 Å². The first-order valence-electron chi connectivity index (χ1n) is 9.02. The third kappa shape index (κ3) is 4.88. The lowest BCUT2D eigenvalue weighted by Gasteiger charge is -2.24. The Labute approximate surface area is 181 Å². The molecular weight excluding hydrogens is 452 g/mol. The molecule has 2 aromatic carbocycles. The first-order valence-corrected chi connectivity index (χ1v) is 10.5. The zero-order valence-electron chi connectivity index (χ0n) is 16.5. The molecule has 0 aliphatic carbocycles. The zero-order chi connectivity index (χ0) is 23.5. The van der Waals surface area contributed by atoms with Crippen LogP contribution in [0, 0.1) is 5.82 Å². The predicted octanol–water partition coefficient (Wildman–Crippen LogP) is 4.42. The van der Waals surface area contributed by atoms with Crippen LogP contribution in [0.15, 0.2) is 71.8 Å². The quantitative estimate of drug-likeness (QED) is 0.395. The average Bonchev–Trinajstić information content (AvgIpc) is 2.77. The largest absolute Gasteiger partial charge is 0.465 e. The van der Waals surface area contributed by atoms with Crippen LogP contribution in [0.25, 0.3) is 0 Å². The molecule has 3 aromatic rings. The highest BCUT2D eigenvalue weighted by Crippen LogP contribution is 2.33. The molecule has 0 N–H and O–H groups in total. The van der Waals surface area contributed by atoms with Gasteiger partial charge in [-0.1, -0.05) is 30.3 Å². The van der Waals surface area contributed by atoms with E-state index in [4.69, 9.17) is 0 Å². The van der Waals surface area contributed by atoms with Gasteiger partial charge in [-0.3, -0.25) is 0 Å². The lowest BCUT2D eigenvalue weighted by molar-refractivity contribution is -0.138. The fourth-order valence-electron chi connectivity index (χ4n) is 2.80. The summed E-state index contributed by atoms with van der Waals surface area (Å²) in [5.41, 5.74) is -0.818. The van der Waals surface area contributed by atoms with Crippen LogP contribution in [0.2, 0.25) is 0 Å². The number of carbonyl (C=O) groups excluding carboxylic acids is 1. The van der Waals surface area contributed by atoms with Gasteiger partial charge < -0.3 is 4.74 Å². The van der Waals surface area contributed by atoms with Crippen molar-refractivity contribution in [2.45, 2.75) is 17.6 Å². The number of alkyl halides is 3. The topological polar surface area (TPSA) is 76.6 Å². The Balaban J connectivity index is 2.09. The smallest absolute Gasteiger partial charge is 0.417 e. The number of aromatic nitrogens is 1. The van der Waals surface area contributed by atoms with E-state index in [1.165, 1.54) is 12.1 Å². The number of esters is 1. The number of hydrogen-bond acceptors (Lipinski definition) is 5. The van der Waals surface area contributed by atoms with E-state index in [1.807, 2.05) is 0 Å². The van der Waals surface area contributed by atoms with Gasteiger partial charge in [0.2, 0.25) is 0 Å². The Morgan fingerprint density at radius 2 is 1.69 bits per heavy atom. The lowest BCUT2D eigenvalue weighted by Crippen LogP contribution is -2.32. The van der Waals surface area contributed by atoms with Gasteiger partial charge in [0, 0.05) is 6.20 Å². The van der Waals surface area contributed by atoms with E-state index in [-0.39, 0.29) is 16.5 Å². The maximum absolute atomic E-state index is 14.7. The van der Waals surface area contributed by atoms with Crippen LogP contribution in [0.1, 0.15) is 21.5 Å². The van der Waals surface area contributed by atoms with Crippen LogP contribution in [0.5, 0.6) is 0 Å².